The molecule has 1 aliphatic heterocycles. The maximum absolute atomic E-state index is 13.7. The summed E-state index contributed by atoms with van der Waals surface area (Å²) in [6.07, 6.45) is 3.36. The number of amides is 5. The van der Waals surface area contributed by atoms with Crippen LogP contribution in [0.4, 0.5) is 0 Å². The number of phenolic OH excluding ortho intramolecular Hbond substituents is 1. The highest BCUT2D eigenvalue weighted by molar-refractivity contribution is 5.98. The summed E-state index contributed by atoms with van der Waals surface area (Å²) in [5.74, 6) is -3.87. The molecular formula is C38H43N5O8. The monoisotopic (exact) mass is 697 g/mol. The van der Waals surface area contributed by atoms with Gasteiger partial charge in [-0.05, 0) is 67.5 Å². The third kappa shape index (κ3) is 11.6. The van der Waals surface area contributed by atoms with E-state index in [1.165, 1.54) is 31.2 Å². The first-order valence-corrected chi connectivity index (χ1v) is 16.7. The van der Waals surface area contributed by atoms with Gasteiger partial charge in [0.15, 0.2) is 0 Å². The van der Waals surface area contributed by atoms with Crippen LogP contribution in [0.3, 0.4) is 0 Å². The van der Waals surface area contributed by atoms with Gasteiger partial charge in [-0.25, -0.2) is 4.79 Å². The van der Waals surface area contributed by atoms with Crippen molar-refractivity contribution in [1.29, 1.82) is 0 Å². The number of benzene rings is 3. The molecule has 0 fully saturated rings. The van der Waals surface area contributed by atoms with Crippen molar-refractivity contribution >= 4 is 41.6 Å². The first-order valence-electron chi connectivity index (χ1n) is 16.7. The number of nitrogens with one attached hydrogen (secondary N) is 5. The number of aryl methyl sites for hydroxylation is 1. The lowest BCUT2D eigenvalue weighted by Gasteiger charge is -2.24. The number of hydrogen-bond acceptors (Lipinski definition) is 8. The molecule has 13 nitrogen and oxygen atoms in total. The van der Waals surface area contributed by atoms with Crippen LogP contribution in [0.5, 0.6) is 11.5 Å². The molecule has 6 N–H and O–H groups in total. The van der Waals surface area contributed by atoms with Gasteiger partial charge in [-0.3, -0.25) is 24.0 Å². The zero-order valence-electron chi connectivity index (χ0n) is 28.7. The zero-order chi connectivity index (χ0) is 36.9. The van der Waals surface area contributed by atoms with Crippen molar-refractivity contribution in [3.05, 3.63) is 102 Å². The van der Waals surface area contributed by atoms with E-state index in [4.69, 9.17) is 4.74 Å². The molecule has 4 rings (SSSR count). The molecular weight excluding hydrogens is 654 g/mol. The number of carbonyl (C=O) groups excluding carboxylic acids is 6. The minimum atomic E-state index is -1.22. The van der Waals surface area contributed by atoms with Crippen molar-refractivity contribution in [2.75, 3.05) is 6.54 Å². The number of hydrogen-bond donors (Lipinski definition) is 6. The molecule has 0 bridgehead atoms. The van der Waals surface area contributed by atoms with E-state index >= 15 is 0 Å². The lowest BCUT2D eigenvalue weighted by atomic mass is 10.0. The Kier molecular flexibility index (Phi) is 13.5. The number of esters is 1. The molecule has 51 heavy (non-hydrogen) atoms. The summed E-state index contributed by atoms with van der Waals surface area (Å²) >= 11 is 0. The van der Waals surface area contributed by atoms with E-state index in [1.54, 1.807) is 66.7 Å². The van der Waals surface area contributed by atoms with Gasteiger partial charge in [0.2, 0.25) is 29.5 Å². The van der Waals surface area contributed by atoms with Crippen molar-refractivity contribution in [1.82, 2.24) is 26.6 Å². The number of rotatable bonds is 6. The molecule has 2 unspecified atom stereocenters. The summed E-state index contributed by atoms with van der Waals surface area (Å²) in [6, 6.07) is 16.9. The van der Waals surface area contributed by atoms with Crippen LogP contribution in [0.1, 0.15) is 56.3 Å². The highest BCUT2D eigenvalue weighted by Crippen LogP contribution is 2.22. The van der Waals surface area contributed by atoms with Gasteiger partial charge in [0.25, 0.3) is 0 Å². The van der Waals surface area contributed by atoms with Crippen LogP contribution in [0, 0.1) is 5.92 Å². The van der Waals surface area contributed by atoms with Gasteiger partial charge in [-0.15, -0.1) is 0 Å². The highest BCUT2D eigenvalue weighted by atomic mass is 16.5. The van der Waals surface area contributed by atoms with Gasteiger partial charge < -0.3 is 36.4 Å². The summed E-state index contributed by atoms with van der Waals surface area (Å²) in [5.41, 5.74) is 1.63. The maximum Gasteiger partial charge on any atom is 0.334 e. The molecule has 5 amide bonds. The van der Waals surface area contributed by atoms with Gasteiger partial charge in [0.05, 0.1) is 6.54 Å². The van der Waals surface area contributed by atoms with E-state index in [2.05, 4.69) is 26.6 Å². The maximum atomic E-state index is 13.7. The molecule has 0 saturated carbocycles. The Morgan fingerprint density at radius 2 is 1.43 bits per heavy atom. The van der Waals surface area contributed by atoms with E-state index in [9.17, 15) is 33.9 Å². The van der Waals surface area contributed by atoms with Crippen LogP contribution in [-0.2, 0) is 35.2 Å². The number of carbonyl (C=O) groups is 6. The highest BCUT2D eigenvalue weighted by Gasteiger charge is 2.31. The Bertz CT molecular complexity index is 1740. The number of ether oxygens (including phenoxy) is 1. The molecule has 0 saturated heterocycles. The fourth-order valence-electron chi connectivity index (χ4n) is 5.32. The largest absolute Gasteiger partial charge is 0.508 e. The Hall–Kier alpha value is -5.98. The summed E-state index contributed by atoms with van der Waals surface area (Å²) in [7, 11) is 0. The van der Waals surface area contributed by atoms with Crippen LogP contribution in [0.25, 0.3) is 6.08 Å². The smallest absolute Gasteiger partial charge is 0.334 e. The average Bonchev–Trinajstić information content (AvgIpc) is 3.10. The zero-order valence-corrected chi connectivity index (χ0v) is 28.7. The Labute approximate surface area is 296 Å². The first kappa shape index (κ1) is 37.8. The molecule has 0 radical (unpaired) electrons. The predicted molar refractivity (Wildman–Crippen MR) is 189 cm³/mol. The summed E-state index contributed by atoms with van der Waals surface area (Å²) in [4.78, 5) is 79.8. The van der Waals surface area contributed by atoms with Gasteiger partial charge in [-0.1, -0.05) is 74.5 Å². The summed E-state index contributed by atoms with van der Waals surface area (Å²) in [6.45, 7) is 4.68. The van der Waals surface area contributed by atoms with Gasteiger partial charge in [0.1, 0.15) is 35.7 Å². The Morgan fingerprint density at radius 3 is 2.14 bits per heavy atom. The second kappa shape index (κ2) is 18.1. The van der Waals surface area contributed by atoms with Crippen LogP contribution < -0.4 is 31.3 Å². The van der Waals surface area contributed by atoms with Crippen molar-refractivity contribution < 1.29 is 38.6 Å². The van der Waals surface area contributed by atoms with Gasteiger partial charge >= 0.3 is 5.97 Å². The standard InChI is InChI=1S/C38H43N5O8/c1-23(2)21-30-38(50)51-31-12-8-7-9-26(31)16-20-32(45)41-29(19-15-25-13-17-28(44)18-14-25)36(48)40-24(3)35(47)39-22-33(46)43-34(37(49)42-30)27-10-5-4-6-11-27/h4-14,16-18,20,23-24,29-30,34,44H,15,19,21-22H2,1-3H3,(H,39,47)(H,40,48)(H,41,45)(H,42,49)(H,43,46)/b20-16-/t24-,29?,30?,34+/m1/s1. The van der Waals surface area contributed by atoms with E-state index in [-0.39, 0.29) is 30.3 Å². The molecule has 4 atom stereocenters. The average molecular weight is 698 g/mol. The van der Waals surface area contributed by atoms with E-state index in [0.29, 0.717) is 17.5 Å². The summed E-state index contributed by atoms with van der Waals surface area (Å²) in [5, 5.41) is 22.7. The second-order valence-electron chi connectivity index (χ2n) is 12.6. The normalized spacial score (nSPS) is 21.8. The molecule has 3 aromatic carbocycles. The second-order valence-corrected chi connectivity index (χ2v) is 12.6. The quantitative estimate of drug-likeness (QED) is 0.167. The van der Waals surface area contributed by atoms with Crippen LogP contribution in [0.15, 0.2) is 84.9 Å². The van der Waals surface area contributed by atoms with Crippen molar-refractivity contribution in [2.45, 2.75) is 64.2 Å². The number of phenols is 1. The predicted octanol–water partition coefficient (Wildman–Crippen LogP) is 2.45. The minimum Gasteiger partial charge on any atom is -0.508 e. The van der Waals surface area contributed by atoms with Crippen molar-refractivity contribution in [3.63, 3.8) is 0 Å². The molecule has 0 spiro atoms. The van der Waals surface area contributed by atoms with E-state index in [0.717, 1.165) is 5.56 Å². The van der Waals surface area contributed by atoms with Gasteiger partial charge in [-0.2, -0.15) is 0 Å². The SMILES string of the molecule is CC(C)CC1NC(=O)[C@H](c2ccccc2)NC(=O)CNC(=O)[C@@H](C)NC(=O)C(CCc2ccc(O)cc2)NC(=O)/C=C\c2ccccc2OC1=O. The summed E-state index contributed by atoms with van der Waals surface area (Å²) < 4.78 is 5.76. The topological polar surface area (TPSA) is 192 Å². The van der Waals surface area contributed by atoms with E-state index in [1.807, 2.05) is 13.8 Å². The lowest BCUT2D eigenvalue weighted by Crippen LogP contribution is -2.54. The fourth-order valence-corrected chi connectivity index (χ4v) is 5.32. The number of para-hydroxylation sites is 1. The molecule has 1 aliphatic rings. The molecule has 1 heterocycles. The molecule has 268 valence electrons. The van der Waals surface area contributed by atoms with E-state index < -0.39 is 66.2 Å². The third-order valence-corrected chi connectivity index (χ3v) is 8.02. The molecule has 0 aromatic heterocycles. The lowest BCUT2D eigenvalue weighted by molar-refractivity contribution is -0.140. The number of aromatic hydroxyl groups is 1. The minimum absolute atomic E-state index is 0.0311. The third-order valence-electron chi connectivity index (χ3n) is 8.02. The van der Waals surface area contributed by atoms with Crippen LogP contribution in [0.2, 0.25) is 0 Å². The number of fused-ring (bicyclic) bond motifs is 1. The van der Waals surface area contributed by atoms with Gasteiger partial charge in [0, 0.05) is 11.6 Å². The Morgan fingerprint density at radius 1 is 0.745 bits per heavy atom. The first-order chi connectivity index (χ1) is 24.4. The Balaban J connectivity index is 1.66. The van der Waals surface area contributed by atoms with Crippen LogP contribution in [-0.4, -0.2) is 65.3 Å². The molecule has 0 aliphatic carbocycles. The van der Waals surface area contributed by atoms with Crippen LogP contribution >= 0.6 is 0 Å². The molecule has 13 heteroatoms. The van der Waals surface area contributed by atoms with Crippen molar-refractivity contribution in [3.8, 4) is 11.5 Å². The fraction of sp³-hybridized carbons (Fsp3) is 0.316. The van der Waals surface area contributed by atoms with Crippen molar-refractivity contribution in [2.24, 2.45) is 5.92 Å². The molecule has 3 aromatic rings.